The molecule has 0 aliphatic heterocycles. The standard InChI is InChI=1S/C22H20N2O7S2.C5H5N.C2H6/c25-19-12-17(13-23-33(29,30)18-7-2-1-3-8-18)31-22(26)21(19)20(14-9-10-14)15-5-4-6-16(11-15)24-32(27)28;1-2-4-6-5-3-1;1-2/h1-8,11-12,14,20,23,25H,9-10,13H2;1-5H;1-2H3. The van der Waals surface area contributed by atoms with Crippen LogP contribution in [0.4, 0.5) is 5.69 Å². The Bertz CT molecular complexity index is 1690. The summed E-state index contributed by atoms with van der Waals surface area (Å²) < 4.78 is 57.8. The van der Waals surface area contributed by atoms with Crippen LogP contribution in [0.3, 0.4) is 0 Å². The number of sulfonamides is 1. The Morgan fingerprint density at radius 3 is 2.20 bits per heavy atom. The zero-order chi connectivity index (χ0) is 29.8. The Kier molecular flexibility index (Phi) is 11.5. The van der Waals surface area contributed by atoms with Crippen molar-refractivity contribution in [2.24, 2.45) is 10.3 Å². The zero-order valence-corrected chi connectivity index (χ0v) is 24.2. The zero-order valence-electron chi connectivity index (χ0n) is 22.5. The monoisotopic (exact) mass is 597 g/mol. The van der Waals surface area contributed by atoms with E-state index in [0.717, 1.165) is 12.8 Å². The Labute approximate surface area is 240 Å². The molecule has 1 aliphatic carbocycles. The number of nitrogens with one attached hydrogen (secondary N) is 1. The van der Waals surface area contributed by atoms with Gasteiger partial charge < -0.3 is 9.52 Å². The van der Waals surface area contributed by atoms with Gasteiger partial charge in [0.2, 0.25) is 10.0 Å². The van der Waals surface area contributed by atoms with Gasteiger partial charge >= 0.3 is 16.1 Å². The van der Waals surface area contributed by atoms with E-state index < -0.39 is 32.1 Å². The van der Waals surface area contributed by atoms with E-state index in [0.29, 0.717) is 5.56 Å². The summed E-state index contributed by atoms with van der Waals surface area (Å²) in [6.07, 6.45) is 5.16. The molecule has 216 valence electrons. The van der Waals surface area contributed by atoms with E-state index in [1.165, 1.54) is 24.3 Å². The number of hydrogen-bond donors (Lipinski definition) is 2. The van der Waals surface area contributed by atoms with Gasteiger partial charge in [0, 0.05) is 24.4 Å². The molecule has 0 radical (unpaired) electrons. The molecule has 2 heterocycles. The predicted molar refractivity (Wildman–Crippen MR) is 155 cm³/mol. The van der Waals surface area contributed by atoms with E-state index in [9.17, 15) is 26.7 Å². The van der Waals surface area contributed by atoms with Crippen LogP contribution in [0, 0.1) is 5.92 Å². The molecule has 1 atom stereocenters. The quantitative estimate of drug-likeness (QED) is 0.282. The summed E-state index contributed by atoms with van der Waals surface area (Å²) in [5, 5.41) is 10.7. The van der Waals surface area contributed by atoms with Crippen molar-refractivity contribution in [2.45, 2.75) is 44.0 Å². The molecule has 2 aromatic carbocycles. The first kappa shape index (κ1) is 31.4. The van der Waals surface area contributed by atoms with E-state index in [4.69, 9.17) is 4.42 Å². The molecule has 1 saturated carbocycles. The smallest absolute Gasteiger partial charge is 0.343 e. The molecule has 0 saturated heterocycles. The molecule has 0 spiro atoms. The fourth-order valence-corrected chi connectivity index (χ4v) is 5.34. The minimum atomic E-state index is -3.83. The third-order valence-electron chi connectivity index (χ3n) is 5.89. The van der Waals surface area contributed by atoms with Gasteiger partial charge in [-0.15, -0.1) is 4.36 Å². The molecule has 2 N–H and O–H groups in total. The number of aromatic hydroxyl groups is 1. The van der Waals surface area contributed by atoms with Crippen molar-refractivity contribution >= 4 is 26.2 Å². The van der Waals surface area contributed by atoms with Gasteiger partial charge in [0.25, 0.3) is 0 Å². The fourth-order valence-electron chi connectivity index (χ4n) is 4.04. The summed E-state index contributed by atoms with van der Waals surface area (Å²) in [7, 11) is -6.45. The molecule has 0 amide bonds. The average Bonchev–Trinajstić information content (AvgIpc) is 3.82. The molecule has 1 fully saturated rings. The first-order chi connectivity index (χ1) is 19.7. The summed E-state index contributed by atoms with van der Waals surface area (Å²) in [5.74, 6) is -0.784. The lowest BCUT2D eigenvalue weighted by Crippen LogP contribution is -2.24. The third kappa shape index (κ3) is 9.20. The van der Waals surface area contributed by atoms with Crippen molar-refractivity contribution in [3.63, 3.8) is 0 Å². The minimum absolute atomic E-state index is 0.0409. The van der Waals surface area contributed by atoms with E-state index in [-0.39, 0.29) is 40.1 Å². The molecular formula is C29H31N3O7S2. The van der Waals surface area contributed by atoms with Crippen molar-refractivity contribution < 1.29 is 26.4 Å². The molecule has 0 bridgehead atoms. The number of hydrogen-bond acceptors (Lipinski definition) is 9. The molecule has 2 aromatic heterocycles. The summed E-state index contributed by atoms with van der Waals surface area (Å²) in [5.41, 5.74) is 0.106. The highest BCUT2D eigenvalue weighted by atomic mass is 32.2. The first-order valence-electron chi connectivity index (χ1n) is 12.9. The number of rotatable bonds is 8. The largest absolute Gasteiger partial charge is 0.507 e. The van der Waals surface area contributed by atoms with Crippen LogP contribution < -0.4 is 10.3 Å². The second-order valence-corrected chi connectivity index (χ2v) is 11.1. The van der Waals surface area contributed by atoms with Crippen molar-refractivity contribution in [3.05, 3.63) is 119 Å². The van der Waals surface area contributed by atoms with Crippen LogP contribution in [0.5, 0.6) is 5.75 Å². The topological polar surface area (TPSA) is 156 Å². The third-order valence-corrected chi connectivity index (χ3v) is 7.66. The maximum absolute atomic E-state index is 12.8. The lowest BCUT2D eigenvalue weighted by Gasteiger charge is -2.18. The van der Waals surface area contributed by atoms with Gasteiger partial charge in [-0.25, -0.2) is 17.9 Å². The number of pyridine rings is 1. The Hall–Kier alpha value is -4.13. The second-order valence-electron chi connectivity index (χ2n) is 8.68. The predicted octanol–water partition coefficient (Wildman–Crippen LogP) is 5.17. The van der Waals surface area contributed by atoms with Gasteiger partial charge in [0.05, 0.1) is 22.7 Å². The molecule has 1 aliphatic rings. The fraction of sp³-hybridized carbons (Fsp3) is 0.241. The summed E-state index contributed by atoms with van der Waals surface area (Å²) in [4.78, 5) is 16.7. The average molecular weight is 598 g/mol. The number of aromatic nitrogens is 1. The van der Waals surface area contributed by atoms with Crippen LogP contribution in [-0.4, -0.2) is 26.9 Å². The van der Waals surface area contributed by atoms with Crippen LogP contribution in [0.1, 0.15) is 49.5 Å². The first-order valence-corrected chi connectivity index (χ1v) is 15.4. The summed E-state index contributed by atoms with van der Waals surface area (Å²) >= 11 is 0. The highest BCUT2D eigenvalue weighted by Crippen LogP contribution is 2.48. The normalized spacial score (nSPS) is 13.0. The minimum Gasteiger partial charge on any atom is -0.507 e. The van der Waals surface area contributed by atoms with E-state index >= 15 is 0 Å². The van der Waals surface area contributed by atoms with Gasteiger partial charge in [0.15, 0.2) is 0 Å². The highest BCUT2D eigenvalue weighted by Gasteiger charge is 2.37. The lowest BCUT2D eigenvalue weighted by molar-refractivity contribution is 0.401. The summed E-state index contributed by atoms with van der Waals surface area (Å²) in [6.45, 7) is 3.68. The van der Waals surface area contributed by atoms with Crippen molar-refractivity contribution in [2.75, 3.05) is 0 Å². The van der Waals surface area contributed by atoms with Crippen LogP contribution in [0.25, 0.3) is 0 Å². The highest BCUT2D eigenvalue weighted by molar-refractivity contribution is 7.89. The van der Waals surface area contributed by atoms with Crippen molar-refractivity contribution in [3.8, 4) is 5.75 Å². The molecule has 5 rings (SSSR count). The molecular weight excluding hydrogens is 566 g/mol. The van der Waals surface area contributed by atoms with Gasteiger partial charge in [-0.2, -0.15) is 8.42 Å². The Morgan fingerprint density at radius 1 is 1.00 bits per heavy atom. The molecule has 4 aromatic rings. The van der Waals surface area contributed by atoms with Crippen molar-refractivity contribution in [1.29, 1.82) is 0 Å². The second kappa shape index (κ2) is 15.0. The number of benzene rings is 2. The van der Waals surface area contributed by atoms with Crippen LogP contribution in [0.2, 0.25) is 0 Å². The van der Waals surface area contributed by atoms with Gasteiger partial charge in [-0.1, -0.05) is 50.2 Å². The van der Waals surface area contributed by atoms with Gasteiger partial charge in [0.1, 0.15) is 11.5 Å². The molecule has 12 heteroatoms. The molecule has 10 nitrogen and oxygen atoms in total. The summed E-state index contributed by atoms with van der Waals surface area (Å²) in [6, 6.07) is 21.1. The van der Waals surface area contributed by atoms with Gasteiger partial charge in [-0.05, 0) is 60.7 Å². The Balaban J connectivity index is 0.000000505. The maximum atomic E-state index is 12.8. The van der Waals surface area contributed by atoms with Crippen molar-refractivity contribution in [1.82, 2.24) is 9.71 Å². The van der Waals surface area contributed by atoms with Crippen LogP contribution in [-0.2, 0) is 27.1 Å². The van der Waals surface area contributed by atoms with Crippen LogP contribution in [0.15, 0.2) is 110 Å². The van der Waals surface area contributed by atoms with E-state index in [1.807, 2.05) is 32.0 Å². The number of nitrogens with zero attached hydrogens (tertiary/aromatic N) is 2. The van der Waals surface area contributed by atoms with Gasteiger partial charge in [-0.3, -0.25) is 4.98 Å². The van der Waals surface area contributed by atoms with E-state index in [1.54, 1.807) is 48.8 Å². The van der Waals surface area contributed by atoms with Crippen LogP contribution >= 0.6 is 0 Å². The lowest BCUT2D eigenvalue weighted by atomic mass is 9.87. The maximum Gasteiger partial charge on any atom is 0.343 e. The van der Waals surface area contributed by atoms with E-state index in [2.05, 4.69) is 14.1 Å². The molecule has 1 unspecified atom stereocenters. The SMILES string of the molecule is CC.O=c1oc(CNS(=O)(=O)c2ccccc2)cc(O)c1C(c1cccc(N=S(=O)=O)c1)C1CC1.c1ccncc1. The molecule has 41 heavy (non-hydrogen) atoms. The Morgan fingerprint density at radius 2 is 1.66 bits per heavy atom.